The van der Waals surface area contributed by atoms with Gasteiger partial charge in [0.25, 0.3) is 0 Å². The summed E-state index contributed by atoms with van der Waals surface area (Å²) in [5.74, 6) is -2.51. The van der Waals surface area contributed by atoms with E-state index in [9.17, 15) is 19.2 Å². The zero-order valence-electron chi connectivity index (χ0n) is 36.5. The van der Waals surface area contributed by atoms with Crippen LogP contribution in [0.5, 0.6) is 0 Å². The van der Waals surface area contributed by atoms with E-state index in [4.69, 9.17) is 14.9 Å². The van der Waals surface area contributed by atoms with Crippen molar-refractivity contribution in [3.05, 3.63) is 72.9 Å². The molecule has 330 valence electrons. The van der Waals surface area contributed by atoms with Crippen LogP contribution >= 0.6 is 0 Å². The van der Waals surface area contributed by atoms with Crippen LogP contribution < -0.4 is 10.6 Å². The molecule has 9 nitrogen and oxygen atoms in total. The number of allylic oxidation sites excluding steroid dienone is 11. The predicted octanol–water partition coefficient (Wildman–Crippen LogP) is 11.5. The highest BCUT2D eigenvalue weighted by atomic mass is 16.5. The Balaban J connectivity index is 4.35. The van der Waals surface area contributed by atoms with E-state index in [1.165, 1.54) is 83.5 Å². The number of rotatable bonds is 40. The Hall–Kier alpha value is -3.72. The molecule has 0 fully saturated rings. The lowest BCUT2D eigenvalue weighted by atomic mass is 10.1. The van der Waals surface area contributed by atoms with E-state index in [0.29, 0.717) is 19.3 Å². The van der Waals surface area contributed by atoms with Gasteiger partial charge in [0.05, 0.1) is 13.2 Å². The molecule has 9 heteroatoms. The van der Waals surface area contributed by atoms with Gasteiger partial charge in [-0.2, -0.15) is 0 Å². The number of aliphatic carboxylic acids is 1. The maximum Gasteiger partial charge on any atom is 0.328 e. The molecule has 0 aromatic carbocycles. The van der Waals surface area contributed by atoms with Crippen LogP contribution in [0.2, 0.25) is 0 Å². The van der Waals surface area contributed by atoms with Crippen molar-refractivity contribution >= 4 is 23.8 Å². The second-order valence-electron chi connectivity index (χ2n) is 15.1. The van der Waals surface area contributed by atoms with Gasteiger partial charge in [-0.25, -0.2) is 4.79 Å². The molecule has 0 aromatic heterocycles. The number of carbonyl (C=O) groups excluding carboxylic acids is 3. The molecule has 0 aliphatic carbocycles. The van der Waals surface area contributed by atoms with Crippen LogP contribution in [0.1, 0.15) is 187 Å². The summed E-state index contributed by atoms with van der Waals surface area (Å²) in [6.45, 7) is 3.30. The maximum atomic E-state index is 12.8. The molecule has 2 atom stereocenters. The van der Waals surface area contributed by atoms with E-state index in [2.05, 4.69) is 85.2 Å². The minimum absolute atomic E-state index is 0.167. The molecule has 2 amide bonds. The van der Waals surface area contributed by atoms with Crippen molar-refractivity contribution in [3.63, 3.8) is 0 Å². The number of nitrogens with one attached hydrogen (secondary N) is 2. The van der Waals surface area contributed by atoms with Gasteiger partial charge in [0, 0.05) is 12.8 Å². The molecule has 0 aromatic rings. The molecule has 0 saturated carbocycles. The normalized spacial score (nSPS) is 13.2. The Kier molecular flexibility index (Phi) is 40.1. The lowest BCUT2D eigenvalue weighted by Gasteiger charge is -2.15. The summed E-state index contributed by atoms with van der Waals surface area (Å²) >= 11 is 0. The Labute approximate surface area is 353 Å². The van der Waals surface area contributed by atoms with Crippen molar-refractivity contribution in [1.29, 1.82) is 0 Å². The van der Waals surface area contributed by atoms with Crippen molar-refractivity contribution in [2.75, 3.05) is 13.2 Å². The summed E-state index contributed by atoms with van der Waals surface area (Å²) < 4.78 is 5.88. The van der Waals surface area contributed by atoms with Crippen LogP contribution in [-0.4, -0.2) is 59.3 Å². The summed E-state index contributed by atoms with van der Waals surface area (Å²) in [5.41, 5.74) is 0. The van der Waals surface area contributed by atoms with Gasteiger partial charge in [-0.05, 0) is 89.5 Å². The third-order valence-corrected chi connectivity index (χ3v) is 9.67. The fraction of sp³-hybridized carbons (Fsp3) is 0.673. The van der Waals surface area contributed by atoms with Gasteiger partial charge in [-0.3, -0.25) is 14.4 Å². The SMILES string of the molecule is CC/C=C\C/C=C\C/C=C\C/C=C\C(CCCCCC(=O)NCC(=O)NC(CO)C(=O)O)OC(=O)CCCCCCCCCCC/C=C\C/C=C\CCCCCCC. The second kappa shape index (κ2) is 42.9. The number of carbonyl (C=O) groups is 4. The first-order chi connectivity index (χ1) is 28.3. The second-order valence-corrected chi connectivity index (χ2v) is 15.1. The van der Waals surface area contributed by atoms with E-state index in [1.807, 2.05) is 12.2 Å². The first kappa shape index (κ1) is 54.3. The van der Waals surface area contributed by atoms with Crippen molar-refractivity contribution in [2.24, 2.45) is 0 Å². The Morgan fingerprint density at radius 2 is 1.03 bits per heavy atom. The zero-order valence-corrected chi connectivity index (χ0v) is 36.5. The summed E-state index contributed by atoms with van der Waals surface area (Å²) in [4.78, 5) is 47.7. The minimum Gasteiger partial charge on any atom is -0.480 e. The van der Waals surface area contributed by atoms with Crippen molar-refractivity contribution < 1.29 is 34.1 Å². The molecule has 0 rings (SSSR count). The average molecular weight is 811 g/mol. The van der Waals surface area contributed by atoms with Crippen LogP contribution in [-0.2, 0) is 23.9 Å². The van der Waals surface area contributed by atoms with Gasteiger partial charge in [0.15, 0.2) is 0 Å². The number of unbranched alkanes of at least 4 members (excludes halogenated alkanes) is 16. The third-order valence-electron chi connectivity index (χ3n) is 9.67. The Morgan fingerprint density at radius 1 is 0.552 bits per heavy atom. The molecule has 0 aliphatic heterocycles. The van der Waals surface area contributed by atoms with Crippen molar-refractivity contribution in [3.8, 4) is 0 Å². The highest BCUT2D eigenvalue weighted by Crippen LogP contribution is 2.15. The molecule has 0 radical (unpaired) electrons. The van der Waals surface area contributed by atoms with Gasteiger partial charge in [-0.1, -0.05) is 158 Å². The van der Waals surface area contributed by atoms with Crippen molar-refractivity contribution in [1.82, 2.24) is 10.6 Å². The third kappa shape index (κ3) is 39.1. The molecule has 58 heavy (non-hydrogen) atoms. The fourth-order valence-electron chi connectivity index (χ4n) is 6.18. The van der Waals surface area contributed by atoms with E-state index < -0.39 is 24.5 Å². The Morgan fingerprint density at radius 3 is 1.59 bits per heavy atom. The quantitative estimate of drug-likeness (QED) is 0.0274. The summed E-state index contributed by atoms with van der Waals surface area (Å²) in [7, 11) is 0. The predicted molar refractivity (Wildman–Crippen MR) is 240 cm³/mol. The molecular formula is C49H82N2O7. The number of hydrogen-bond donors (Lipinski definition) is 4. The van der Waals surface area contributed by atoms with Gasteiger partial charge in [0.2, 0.25) is 11.8 Å². The molecule has 0 heterocycles. The van der Waals surface area contributed by atoms with Crippen LogP contribution in [0.3, 0.4) is 0 Å². The topological polar surface area (TPSA) is 142 Å². The molecule has 0 aliphatic rings. The Bertz CT molecular complexity index is 1200. The van der Waals surface area contributed by atoms with Crippen molar-refractivity contribution in [2.45, 2.75) is 199 Å². The standard InChI is InChI=1S/C49H82N2O7/c1-3-5-7-9-11-13-15-16-17-18-19-20-21-22-23-24-26-28-30-32-37-41-48(55)58-44(38-34-31-29-27-25-14-12-10-8-6-4-2)39-35-33-36-40-46(53)50-42-47(54)51-45(43-52)49(56)57/h6,8,12,14-16,18-19,27,29,34,38,44-45,52H,3-5,7,9-11,13,17,20-26,28,30-33,35-37,39-43H2,1-2H3,(H,50,53)(H,51,54)(H,56,57)/b8-6-,14-12-,16-15-,19-18-,29-27-,38-34-. The average Bonchev–Trinajstić information content (AvgIpc) is 3.21. The lowest BCUT2D eigenvalue weighted by Crippen LogP contribution is -2.47. The van der Waals surface area contributed by atoms with Crippen LogP contribution in [0.25, 0.3) is 0 Å². The number of aliphatic hydroxyl groups excluding tert-OH is 1. The summed E-state index contributed by atoms with van der Waals surface area (Å²) in [6.07, 6.45) is 53.8. The number of esters is 1. The lowest BCUT2D eigenvalue weighted by molar-refractivity contribution is -0.147. The van der Waals surface area contributed by atoms with Gasteiger partial charge >= 0.3 is 11.9 Å². The fourth-order valence-corrected chi connectivity index (χ4v) is 6.18. The monoisotopic (exact) mass is 811 g/mol. The molecular weight excluding hydrogens is 729 g/mol. The highest BCUT2D eigenvalue weighted by molar-refractivity contribution is 5.87. The van der Waals surface area contributed by atoms with Crippen LogP contribution in [0.15, 0.2) is 72.9 Å². The number of amides is 2. The first-order valence-corrected chi connectivity index (χ1v) is 22.8. The number of aliphatic hydroxyl groups is 1. The van der Waals surface area contributed by atoms with Gasteiger partial charge < -0.3 is 25.6 Å². The van der Waals surface area contributed by atoms with Crippen LogP contribution in [0.4, 0.5) is 0 Å². The highest BCUT2D eigenvalue weighted by Gasteiger charge is 2.19. The van der Waals surface area contributed by atoms with Gasteiger partial charge in [0.1, 0.15) is 12.1 Å². The minimum atomic E-state index is -1.41. The number of carboxylic acid groups (broad SMARTS) is 1. The van der Waals surface area contributed by atoms with E-state index in [0.717, 1.165) is 64.2 Å². The maximum absolute atomic E-state index is 12.8. The smallest absolute Gasteiger partial charge is 0.328 e. The summed E-state index contributed by atoms with van der Waals surface area (Å²) in [5, 5.41) is 22.6. The molecule has 4 N–H and O–H groups in total. The van der Waals surface area contributed by atoms with E-state index >= 15 is 0 Å². The molecule has 0 bridgehead atoms. The first-order valence-electron chi connectivity index (χ1n) is 22.8. The van der Waals surface area contributed by atoms with Crippen LogP contribution in [0, 0.1) is 0 Å². The summed E-state index contributed by atoms with van der Waals surface area (Å²) in [6, 6.07) is -1.41. The molecule has 0 saturated heterocycles. The molecule has 0 spiro atoms. The van der Waals surface area contributed by atoms with E-state index in [1.54, 1.807) is 0 Å². The van der Waals surface area contributed by atoms with Gasteiger partial charge in [-0.15, -0.1) is 0 Å². The molecule has 2 unspecified atom stereocenters. The number of ether oxygens (including phenoxy) is 1. The zero-order chi connectivity index (χ0) is 42.6. The number of carboxylic acids is 1. The van der Waals surface area contributed by atoms with E-state index in [-0.39, 0.29) is 30.9 Å². The number of hydrogen-bond acceptors (Lipinski definition) is 6. The largest absolute Gasteiger partial charge is 0.480 e.